The number of nitrogens with zero attached hydrogens (tertiary/aromatic N) is 2. The van der Waals surface area contributed by atoms with Crippen LogP contribution in [0.3, 0.4) is 0 Å². The number of rotatable bonds is 5. The van der Waals surface area contributed by atoms with Crippen molar-refractivity contribution >= 4 is 10.9 Å². The van der Waals surface area contributed by atoms with E-state index < -0.39 is 5.41 Å². The molecule has 0 atom stereocenters. The highest BCUT2D eigenvalue weighted by Gasteiger charge is 2.47. The molecule has 1 aliphatic rings. The fourth-order valence-corrected chi connectivity index (χ4v) is 6.46. The molecule has 0 bridgehead atoms. The molecule has 5 aromatic carbocycles. The van der Waals surface area contributed by atoms with Crippen molar-refractivity contribution in [3.63, 3.8) is 0 Å². The lowest BCUT2D eigenvalue weighted by atomic mass is 9.70. The Morgan fingerprint density at radius 1 is 0.581 bits per heavy atom. The molecule has 0 saturated carbocycles. The lowest BCUT2D eigenvalue weighted by Crippen LogP contribution is -2.29. The van der Waals surface area contributed by atoms with Crippen LogP contribution >= 0.6 is 0 Å². The predicted molar refractivity (Wildman–Crippen MR) is 169 cm³/mol. The van der Waals surface area contributed by atoms with Crippen LogP contribution in [0.25, 0.3) is 33.3 Å². The smallest absolute Gasteiger partial charge is 0.128 e. The molecule has 43 heavy (non-hydrogen) atoms. The average molecular weight is 557 g/mol. The van der Waals surface area contributed by atoms with E-state index in [1.807, 2.05) is 60.8 Å². The third-order valence-corrected chi connectivity index (χ3v) is 8.29. The van der Waals surface area contributed by atoms with Crippen molar-refractivity contribution < 1.29 is 9.13 Å². The largest absolute Gasteiger partial charge is 0.457 e. The third-order valence-electron chi connectivity index (χ3n) is 8.29. The molecule has 7 aromatic rings. The van der Waals surface area contributed by atoms with Crippen LogP contribution in [0.5, 0.6) is 11.5 Å². The molecule has 0 fully saturated rings. The van der Waals surface area contributed by atoms with Crippen LogP contribution in [-0.4, -0.2) is 9.97 Å². The second-order valence-electron chi connectivity index (χ2n) is 10.7. The Kier molecular flexibility index (Phi) is 5.86. The summed E-state index contributed by atoms with van der Waals surface area (Å²) in [5, 5.41) is 0.768. The van der Waals surface area contributed by atoms with E-state index in [1.54, 1.807) is 6.07 Å². The number of hydrogen-bond donors (Lipinski definition) is 0. The summed E-state index contributed by atoms with van der Waals surface area (Å²) < 4.78 is 20.2. The molecule has 204 valence electrons. The number of halogens is 1. The Labute approximate surface area is 248 Å². The van der Waals surface area contributed by atoms with Crippen LogP contribution in [-0.2, 0) is 5.41 Å². The maximum absolute atomic E-state index is 13.7. The minimum Gasteiger partial charge on any atom is -0.457 e. The van der Waals surface area contributed by atoms with Gasteiger partial charge >= 0.3 is 0 Å². The van der Waals surface area contributed by atoms with E-state index in [4.69, 9.17) is 14.7 Å². The summed E-state index contributed by atoms with van der Waals surface area (Å²) in [6.45, 7) is 0. The lowest BCUT2D eigenvalue weighted by molar-refractivity contribution is 0.481. The number of benzene rings is 5. The number of hydrogen-bond acceptors (Lipinski definition) is 3. The van der Waals surface area contributed by atoms with Gasteiger partial charge < -0.3 is 4.74 Å². The van der Waals surface area contributed by atoms with Gasteiger partial charge in [-0.2, -0.15) is 0 Å². The SMILES string of the molecule is Fc1ccc2nc(-c3cccc(Oc4cccc(C5(c6ccccn6)c6ccccc6-c6ccccc65)c4)c3)ccc2c1. The molecular weight excluding hydrogens is 531 g/mol. The van der Waals surface area contributed by atoms with Crippen molar-refractivity contribution in [2.45, 2.75) is 5.41 Å². The minimum atomic E-state index is -0.593. The van der Waals surface area contributed by atoms with Crippen LogP contribution in [0.15, 0.2) is 152 Å². The van der Waals surface area contributed by atoms with Crippen LogP contribution < -0.4 is 4.74 Å². The fraction of sp³-hybridized carbons (Fsp3) is 0.0256. The van der Waals surface area contributed by atoms with Gasteiger partial charge in [0.2, 0.25) is 0 Å². The Bertz CT molecular complexity index is 2090. The monoisotopic (exact) mass is 556 g/mol. The standard InChI is InChI=1S/C39H25FN2O/c40-29-19-21-37-27(23-29)18-20-36(42-37)26-9-7-11-30(24-26)43-31-12-8-10-28(25-31)39(38-17-5-6-22-41-38)34-15-3-1-13-32(34)33-14-2-4-16-35(33)39/h1-25H. The van der Waals surface area contributed by atoms with Gasteiger partial charge in [-0.05, 0) is 88.5 Å². The van der Waals surface area contributed by atoms with Crippen LogP contribution in [0, 0.1) is 5.82 Å². The highest BCUT2D eigenvalue weighted by Crippen LogP contribution is 2.55. The zero-order valence-electron chi connectivity index (χ0n) is 23.1. The second-order valence-corrected chi connectivity index (χ2v) is 10.7. The predicted octanol–water partition coefficient (Wildman–Crippen LogP) is 9.59. The van der Waals surface area contributed by atoms with Gasteiger partial charge in [0.15, 0.2) is 0 Å². The number of pyridine rings is 2. The summed E-state index contributed by atoms with van der Waals surface area (Å²) in [7, 11) is 0. The van der Waals surface area contributed by atoms with Crippen LogP contribution in [0.1, 0.15) is 22.4 Å². The molecule has 0 amide bonds. The first-order valence-electron chi connectivity index (χ1n) is 14.3. The first-order valence-corrected chi connectivity index (χ1v) is 14.3. The fourth-order valence-electron chi connectivity index (χ4n) is 6.46. The molecule has 0 aliphatic heterocycles. The van der Waals surface area contributed by atoms with E-state index in [1.165, 1.54) is 34.4 Å². The molecule has 0 unspecified atom stereocenters. The van der Waals surface area contributed by atoms with E-state index in [0.29, 0.717) is 5.75 Å². The van der Waals surface area contributed by atoms with Crippen molar-refractivity contribution in [1.29, 1.82) is 0 Å². The summed E-state index contributed by atoms with van der Waals surface area (Å²) in [4.78, 5) is 9.68. The Morgan fingerprint density at radius 2 is 1.30 bits per heavy atom. The molecule has 4 heteroatoms. The van der Waals surface area contributed by atoms with Crippen molar-refractivity contribution in [2.75, 3.05) is 0 Å². The number of aromatic nitrogens is 2. The van der Waals surface area contributed by atoms with Crippen LogP contribution in [0.2, 0.25) is 0 Å². The Balaban J connectivity index is 1.22. The highest BCUT2D eigenvalue weighted by atomic mass is 19.1. The van der Waals surface area contributed by atoms with Crippen molar-refractivity contribution in [1.82, 2.24) is 9.97 Å². The molecule has 8 rings (SSSR count). The Morgan fingerprint density at radius 3 is 2.07 bits per heavy atom. The zero-order valence-corrected chi connectivity index (χ0v) is 23.1. The average Bonchev–Trinajstić information content (AvgIpc) is 3.36. The van der Waals surface area contributed by atoms with Gasteiger partial charge in [-0.1, -0.05) is 84.9 Å². The molecule has 0 radical (unpaired) electrons. The zero-order chi connectivity index (χ0) is 28.8. The first-order chi connectivity index (χ1) is 21.2. The maximum atomic E-state index is 13.7. The summed E-state index contributed by atoms with van der Waals surface area (Å²) >= 11 is 0. The van der Waals surface area contributed by atoms with Gasteiger partial charge in [0, 0.05) is 17.1 Å². The van der Waals surface area contributed by atoms with E-state index in [0.717, 1.165) is 39.2 Å². The topological polar surface area (TPSA) is 35.0 Å². The van der Waals surface area contributed by atoms with Gasteiger partial charge in [-0.15, -0.1) is 0 Å². The highest BCUT2D eigenvalue weighted by molar-refractivity contribution is 5.86. The normalized spacial score (nSPS) is 13.0. The molecule has 2 heterocycles. The molecule has 0 spiro atoms. The number of ether oxygens (including phenoxy) is 1. The lowest BCUT2D eigenvalue weighted by Gasteiger charge is -2.32. The van der Waals surface area contributed by atoms with Crippen LogP contribution in [0.4, 0.5) is 4.39 Å². The first kappa shape index (κ1) is 25.1. The maximum Gasteiger partial charge on any atom is 0.128 e. The van der Waals surface area contributed by atoms with Gasteiger partial charge in [-0.25, -0.2) is 9.37 Å². The number of fused-ring (bicyclic) bond motifs is 4. The third kappa shape index (κ3) is 4.11. The summed E-state index contributed by atoms with van der Waals surface area (Å²) in [6.07, 6.45) is 1.86. The van der Waals surface area contributed by atoms with E-state index in [9.17, 15) is 4.39 Å². The Hall–Kier alpha value is -5.61. The van der Waals surface area contributed by atoms with Gasteiger partial charge in [-0.3, -0.25) is 4.98 Å². The molecule has 0 saturated heterocycles. The van der Waals surface area contributed by atoms with E-state index in [2.05, 4.69) is 72.8 Å². The quantitative estimate of drug-likeness (QED) is 0.212. The van der Waals surface area contributed by atoms with Crippen molar-refractivity contribution in [2.24, 2.45) is 0 Å². The second kappa shape index (κ2) is 10.0. The minimum absolute atomic E-state index is 0.269. The summed E-state index contributed by atoms with van der Waals surface area (Å²) in [6, 6.07) is 48.0. The van der Waals surface area contributed by atoms with Gasteiger partial charge in [0.1, 0.15) is 17.3 Å². The molecule has 2 aromatic heterocycles. The molecular formula is C39H25FN2O. The van der Waals surface area contributed by atoms with E-state index >= 15 is 0 Å². The van der Waals surface area contributed by atoms with E-state index in [-0.39, 0.29) is 5.82 Å². The van der Waals surface area contributed by atoms with Crippen molar-refractivity contribution in [3.05, 3.63) is 180 Å². The van der Waals surface area contributed by atoms with Gasteiger partial charge in [0.25, 0.3) is 0 Å². The summed E-state index contributed by atoms with van der Waals surface area (Å²) in [5.74, 6) is 1.16. The molecule has 1 aliphatic carbocycles. The molecule has 3 nitrogen and oxygen atoms in total. The molecule has 0 N–H and O–H groups in total. The van der Waals surface area contributed by atoms with Gasteiger partial charge in [0.05, 0.1) is 22.3 Å². The summed E-state index contributed by atoms with van der Waals surface area (Å²) in [5.41, 5.74) is 8.76. The van der Waals surface area contributed by atoms with Crippen molar-refractivity contribution in [3.8, 4) is 33.9 Å².